The first-order valence-electron chi connectivity index (χ1n) is 8.71. The lowest BCUT2D eigenvalue weighted by Crippen LogP contribution is -2.43. The summed E-state index contributed by atoms with van der Waals surface area (Å²) >= 11 is 0. The largest absolute Gasteiger partial charge is 0.322 e. The van der Waals surface area contributed by atoms with E-state index in [1.807, 2.05) is 46.0 Å². The number of pyridine rings is 1. The van der Waals surface area contributed by atoms with Crippen LogP contribution < -0.4 is 5.32 Å². The monoisotopic (exact) mass is 348 g/mol. The molecule has 2 amide bonds. The minimum Gasteiger partial charge on any atom is -0.322 e. The third-order valence-electron chi connectivity index (χ3n) is 4.65. The SMILES string of the molecule is O=C(Nc1ccccc1-c1ccncc1)N1CCC[C@@H](n2cncn2)C1. The van der Waals surface area contributed by atoms with E-state index in [0.29, 0.717) is 6.54 Å². The highest BCUT2D eigenvalue weighted by Gasteiger charge is 2.25. The summed E-state index contributed by atoms with van der Waals surface area (Å²) < 4.78 is 1.84. The van der Waals surface area contributed by atoms with Crippen molar-refractivity contribution >= 4 is 11.7 Å². The van der Waals surface area contributed by atoms with E-state index in [0.717, 1.165) is 36.2 Å². The predicted molar refractivity (Wildman–Crippen MR) is 98.6 cm³/mol. The molecule has 0 radical (unpaired) electrons. The number of likely N-dealkylation sites (tertiary alicyclic amines) is 1. The highest BCUT2D eigenvalue weighted by Crippen LogP contribution is 2.28. The Labute approximate surface area is 151 Å². The van der Waals surface area contributed by atoms with Crippen LogP contribution in [0.1, 0.15) is 18.9 Å². The van der Waals surface area contributed by atoms with Crippen molar-refractivity contribution in [2.45, 2.75) is 18.9 Å². The Kier molecular flexibility index (Phi) is 4.59. The molecule has 1 fully saturated rings. The molecule has 7 heteroatoms. The van der Waals surface area contributed by atoms with E-state index >= 15 is 0 Å². The van der Waals surface area contributed by atoms with Crippen LogP contribution in [0.15, 0.2) is 61.4 Å². The third kappa shape index (κ3) is 3.42. The minimum absolute atomic E-state index is 0.0867. The molecule has 1 aromatic carbocycles. The van der Waals surface area contributed by atoms with Crippen molar-refractivity contribution in [1.29, 1.82) is 0 Å². The van der Waals surface area contributed by atoms with E-state index in [2.05, 4.69) is 20.4 Å². The van der Waals surface area contributed by atoms with Gasteiger partial charge in [0.05, 0.1) is 11.7 Å². The lowest BCUT2D eigenvalue weighted by atomic mass is 10.0. The van der Waals surface area contributed by atoms with Crippen LogP contribution in [-0.4, -0.2) is 43.8 Å². The molecule has 132 valence electrons. The van der Waals surface area contributed by atoms with Gasteiger partial charge in [0, 0.05) is 31.0 Å². The Morgan fingerprint density at radius 3 is 2.77 bits per heavy atom. The zero-order valence-electron chi connectivity index (χ0n) is 14.3. The molecule has 1 aliphatic heterocycles. The lowest BCUT2D eigenvalue weighted by Gasteiger charge is -2.32. The van der Waals surface area contributed by atoms with Gasteiger partial charge < -0.3 is 10.2 Å². The van der Waals surface area contributed by atoms with Gasteiger partial charge in [0.1, 0.15) is 12.7 Å². The number of aromatic nitrogens is 4. The number of benzene rings is 1. The lowest BCUT2D eigenvalue weighted by molar-refractivity contribution is 0.174. The zero-order valence-corrected chi connectivity index (χ0v) is 14.3. The summed E-state index contributed by atoms with van der Waals surface area (Å²) in [5.41, 5.74) is 2.80. The van der Waals surface area contributed by atoms with Crippen LogP contribution in [0.2, 0.25) is 0 Å². The van der Waals surface area contributed by atoms with Crippen LogP contribution in [0, 0.1) is 0 Å². The van der Waals surface area contributed by atoms with Gasteiger partial charge >= 0.3 is 6.03 Å². The molecule has 0 aliphatic carbocycles. The number of carbonyl (C=O) groups is 1. The Hall–Kier alpha value is -3.22. The number of piperidine rings is 1. The number of para-hydroxylation sites is 1. The van der Waals surface area contributed by atoms with Crippen molar-refractivity contribution in [1.82, 2.24) is 24.6 Å². The minimum atomic E-state index is -0.0867. The Morgan fingerprint density at radius 2 is 1.96 bits per heavy atom. The van der Waals surface area contributed by atoms with Crippen molar-refractivity contribution in [3.05, 3.63) is 61.4 Å². The van der Waals surface area contributed by atoms with Gasteiger partial charge in [-0.25, -0.2) is 14.5 Å². The molecule has 3 aromatic rings. The predicted octanol–water partition coefficient (Wildman–Crippen LogP) is 3.21. The number of hydrogen-bond acceptors (Lipinski definition) is 4. The summed E-state index contributed by atoms with van der Waals surface area (Å²) in [6, 6.07) is 11.8. The van der Waals surface area contributed by atoms with Crippen LogP contribution in [0.3, 0.4) is 0 Å². The molecule has 0 spiro atoms. The number of urea groups is 1. The number of nitrogens with one attached hydrogen (secondary N) is 1. The highest BCUT2D eigenvalue weighted by molar-refractivity contribution is 5.94. The van der Waals surface area contributed by atoms with Gasteiger partial charge in [-0.2, -0.15) is 5.10 Å². The standard InChI is InChI=1S/C19H20N6O/c26-19(24-11-3-4-16(12-24)25-14-21-13-22-25)23-18-6-2-1-5-17(18)15-7-9-20-10-8-15/h1-2,5-10,13-14,16H,3-4,11-12H2,(H,23,26)/t16-/m1/s1. The molecule has 1 N–H and O–H groups in total. The molecular formula is C19H20N6O. The quantitative estimate of drug-likeness (QED) is 0.788. The molecule has 3 heterocycles. The summed E-state index contributed by atoms with van der Waals surface area (Å²) in [7, 11) is 0. The number of hydrogen-bond donors (Lipinski definition) is 1. The van der Waals surface area contributed by atoms with E-state index in [9.17, 15) is 4.79 Å². The second-order valence-corrected chi connectivity index (χ2v) is 6.33. The van der Waals surface area contributed by atoms with E-state index in [1.54, 1.807) is 18.7 Å². The average molecular weight is 348 g/mol. The van der Waals surface area contributed by atoms with Gasteiger partial charge in [-0.15, -0.1) is 0 Å². The Balaban J connectivity index is 1.50. The summed E-state index contributed by atoms with van der Waals surface area (Å²) in [6.45, 7) is 1.38. The topological polar surface area (TPSA) is 75.9 Å². The molecule has 0 bridgehead atoms. The first-order valence-corrected chi connectivity index (χ1v) is 8.71. The van der Waals surface area contributed by atoms with Crippen LogP contribution in [0.5, 0.6) is 0 Å². The molecule has 7 nitrogen and oxygen atoms in total. The van der Waals surface area contributed by atoms with Crippen molar-refractivity contribution in [2.75, 3.05) is 18.4 Å². The zero-order chi connectivity index (χ0) is 17.8. The van der Waals surface area contributed by atoms with E-state index in [4.69, 9.17) is 0 Å². The van der Waals surface area contributed by atoms with Crippen LogP contribution in [0.25, 0.3) is 11.1 Å². The van der Waals surface area contributed by atoms with Gasteiger partial charge in [-0.05, 0) is 36.6 Å². The van der Waals surface area contributed by atoms with Gasteiger partial charge in [-0.1, -0.05) is 18.2 Å². The molecule has 1 saturated heterocycles. The summed E-state index contributed by atoms with van der Waals surface area (Å²) in [5, 5.41) is 7.28. The number of anilines is 1. The fourth-order valence-electron chi connectivity index (χ4n) is 3.33. The second-order valence-electron chi connectivity index (χ2n) is 6.33. The Morgan fingerprint density at radius 1 is 1.12 bits per heavy atom. The Bertz CT molecular complexity index is 865. The number of rotatable bonds is 3. The van der Waals surface area contributed by atoms with Gasteiger partial charge in [-0.3, -0.25) is 4.98 Å². The second kappa shape index (κ2) is 7.35. The van der Waals surface area contributed by atoms with E-state index in [1.165, 1.54) is 6.33 Å². The van der Waals surface area contributed by atoms with Gasteiger partial charge in [0.2, 0.25) is 0 Å². The molecular weight excluding hydrogens is 328 g/mol. The molecule has 2 aromatic heterocycles. The fourth-order valence-corrected chi connectivity index (χ4v) is 3.33. The fraction of sp³-hybridized carbons (Fsp3) is 0.263. The van der Waals surface area contributed by atoms with Crippen molar-refractivity contribution in [2.24, 2.45) is 0 Å². The molecule has 0 saturated carbocycles. The van der Waals surface area contributed by atoms with Crippen LogP contribution in [0.4, 0.5) is 10.5 Å². The maximum Gasteiger partial charge on any atom is 0.321 e. The van der Waals surface area contributed by atoms with Gasteiger partial charge in [0.15, 0.2) is 0 Å². The van der Waals surface area contributed by atoms with Crippen molar-refractivity contribution in [3.63, 3.8) is 0 Å². The smallest absolute Gasteiger partial charge is 0.321 e. The summed E-state index contributed by atoms with van der Waals surface area (Å²) in [4.78, 5) is 22.7. The normalized spacial score (nSPS) is 17.1. The third-order valence-corrected chi connectivity index (χ3v) is 4.65. The van der Waals surface area contributed by atoms with E-state index < -0.39 is 0 Å². The number of nitrogens with zero attached hydrogens (tertiary/aromatic N) is 5. The van der Waals surface area contributed by atoms with Crippen LogP contribution in [-0.2, 0) is 0 Å². The maximum absolute atomic E-state index is 12.8. The van der Waals surface area contributed by atoms with Crippen LogP contribution >= 0.6 is 0 Å². The van der Waals surface area contributed by atoms with Crippen molar-refractivity contribution in [3.8, 4) is 11.1 Å². The first-order chi connectivity index (χ1) is 12.8. The molecule has 0 unspecified atom stereocenters. The van der Waals surface area contributed by atoms with E-state index in [-0.39, 0.29) is 12.1 Å². The van der Waals surface area contributed by atoms with Gasteiger partial charge in [0.25, 0.3) is 0 Å². The number of carbonyl (C=O) groups excluding carboxylic acids is 1. The first kappa shape index (κ1) is 16.3. The molecule has 26 heavy (non-hydrogen) atoms. The number of amides is 2. The maximum atomic E-state index is 12.8. The molecule has 1 atom stereocenters. The molecule has 4 rings (SSSR count). The average Bonchev–Trinajstić information content (AvgIpc) is 3.24. The highest BCUT2D eigenvalue weighted by atomic mass is 16.2. The summed E-state index contributed by atoms with van der Waals surface area (Å²) in [5.74, 6) is 0. The summed E-state index contributed by atoms with van der Waals surface area (Å²) in [6.07, 6.45) is 8.70. The van der Waals surface area contributed by atoms with Crippen molar-refractivity contribution < 1.29 is 4.79 Å². The molecule has 1 aliphatic rings.